The highest BCUT2D eigenvalue weighted by Crippen LogP contribution is 2.32. The summed E-state index contributed by atoms with van der Waals surface area (Å²) in [7, 11) is 0. The number of nitrogens with zero attached hydrogens (tertiary/aromatic N) is 2. The summed E-state index contributed by atoms with van der Waals surface area (Å²) in [5, 5.41) is 3.00. The molecule has 2 heterocycles. The van der Waals surface area contributed by atoms with Crippen LogP contribution < -0.4 is 5.32 Å². The lowest BCUT2D eigenvalue weighted by atomic mass is 9.90. The van der Waals surface area contributed by atoms with Crippen molar-refractivity contribution in [2.75, 3.05) is 19.6 Å². The van der Waals surface area contributed by atoms with E-state index in [0.29, 0.717) is 31.8 Å². The van der Waals surface area contributed by atoms with E-state index in [2.05, 4.69) is 10.2 Å². The van der Waals surface area contributed by atoms with Crippen molar-refractivity contribution >= 4 is 11.8 Å². The monoisotopic (exact) mass is 293 g/mol. The molecule has 1 aliphatic carbocycles. The Morgan fingerprint density at radius 2 is 1.81 bits per heavy atom. The lowest BCUT2D eigenvalue weighted by molar-refractivity contribution is -0.141. The van der Waals surface area contributed by atoms with Gasteiger partial charge in [-0.05, 0) is 32.1 Å². The van der Waals surface area contributed by atoms with E-state index in [1.807, 2.05) is 18.7 Å². The lowest BCUT2D eigenvalue weighted by Crippen LogP contribution is -2.58. The van der Waals surface area contributed by atoms with Gasteiger partial charge in [-0.1, -0.05) is 13.8 Å². The van der Waals surface area contributed by atoms with Gasteiger partial charge in [-0.3, -0.25) is 14.5 Å². The SMILES string of the molecule is CCC1(CC)NC(=O)CCN(C2CCN(C3CC3)C2)C1=O. The van der Waals surface area contributed by atoms with Crippen LogP contribution in [-0.2, 0) is 9.59 Å². The van der Waals surface area contributed by atoms with E-state index in [-0.39, 0.29) is 11.8 Å². The van der Waals surface area contributed by atoms with Crippen molar-refractivity contribution in [2.45, 2.75) is 70.0 Å². The van der Waals surface area contributed by atoms with Gasteiger partial charge in [0.1, 0.15) is 5.54 Å². The second kappa shape index (κ2) is 5.59. The molecule has 0 aromatic heterocycles. The average molecular weight is 293 g/mol. The Kier molecular flexibility index (Phi) is 3.95. The van der Waals surface area contributed by atoms with E-state index in [1.165, 1.54) is 12.8 Å². The van der Waals surface area contributed by atoms with Crippen LogP contribution in [0, 0.1) is 0 Å². The molecular formula is C16H27N3O2. The number of carbonyl (C=O) groups excluding carboxylic acids is 2. The van der Waals surface area contributed by atoms with Crippen LogP contribution in [0.25, 0.3) is 0 Å². The predicted molar refractivity (Wildman–Crippen MR) is 80.8 cm³/mol. The van der Waals surface area contributed by atoms with Gasteiger partial charge < -0.3 is 10.2 Å². The highest BCUT2D eigenvalue weighted by molar-refractivity contribution is 5.93. The van der Waals surface area contributed by atoms with Crippen molar-refractivity contribution in [3.8, 4) is 0 Å². The van der Waals surface area contributed by atoms with Crippen molar-refractivity contribution in [1.82, 2.24) is 15.1 Å². The maximum absolute atomic E-state index is 13.0. The lowest BCUT2D eigenvalue weighted by Gasteiger charge is -2.36. The number of rotatable bonds is 4. The number of hydrogen-bond acceptors (Lipinski definition) is 3. The van der Waals surface area contributed by atoms with Gasteiger partial charge in [0.2, 0.25) is 11.8 Å². The first-order valence-electron chi connectivity index (χ1n) is 8.45. The van der Waals surface area contributed by atoms with Gasteiger partial charge in [-0.2, -0.15) is 0 Å². The molecule has 2 saturated heterocycles. The van der Waals surface area contributed by atoms with Gasteiger partial charge in [-0.25, -0.2) is 0 Å². The summed E-state index contributed by atoms with van der Waals surface area (Å²) in [6.07, 6.45) is 5.46. The van der Waals surface area contributed by atoms with Crippen molar-refractivity contribution < 1.29 is 9.59 Å². The predicted octanol–water partition coefficient (Wildman–Crippen LogP) is 1.13. The summed E-state index contributed by atoms with van der Waals surface area (Å²) in [6, 6.07) is 1.06. The number of carbonyl (C=O) groups is 2. The molecule has 118 valence electrons. The van der Waals surface area contributed by atoms with Crippen molar-refractivity contribution in [3.05, 3.63) is 0 Å². The van der Waals surface area contributed by atoms with E-state index < -0.39 is 5.54 Å². The highest BCUT2D eigenvalue weighted by atomic mass is 16.2. The molecule has 5 heteroatoms. The second-order valence-corrected chi connectivity index (χ2v) is 6.75. The zero-order valence-corrected chi connectivity index (χ0v) is 13.2. The van der Waals surface area contributed by atoms with Crippen LogP contribution in [0.2, 0.25) is 0 Å². The van der Waals surface area contributed by atoms with Crippen LogP contribution in [0.4, 0.5) is 0 Å². The minimum atomic E-state index is -0.680. The smallest absolute Gasteiger partial charge is 0.248 e. The minimum absolute atomic E-state index is 0.0200. The molecule has 3 rings (SSSR count). The number of amides is 2. The fourth-order valence-electron chi connectivity index (χ4n) is 3.85. The van der Waals surface area contributed by atoms with E-state index in [1.54, 1.807) is 0 Å². The van der Waals surface area contributed by atoms with E-state index in [9.17, 15) is 9.59 Å². The summed E-state index contributed by atoms with van der Waals surface area (Å²) in [6.45, 7) is 6.67. The topological polar surface area (TPSA) is 52.7 Å². The Morgan fingerprint density at radius 1 is 1.10 bits per heavy atom. The van der Waals surface area contributed by atoms with Crippen LogP contribution in [0.15, 0.2) is 0 Å². The maximum atomic E-state index is 13.0. The van der Waals surface area contributed by atoms with Gasteiger partial charge in [0, 0.05) is 38.1 Å². The average Bonchev–Trinajstić information content (AvgIpc) is 3.25. The zero-order chi connectivity index (χ0) is 15.0. The van der Waals surface area contributed by atoms with Crippen molar-refractivity contribution in [3.63, 3.8) is 0 Å². The number of hydrogen-bond donors (Lipinski definition) is 1. The Hall–Kier alpha value is -1.10. The normalized spacial score (nSPS) is 30.4. The minimum Gasteiger partial charge on any atom is -0.342 e. The molecule has 21 heavy (non-hydrogen) atoms. The van der Waals surface area contributed by atoms with Gasteiger partial charge in [0.15, 0.2) is 0 Å². The molecule has 1 N–H and O–H groups in total. The summed E-state index contributed by atoms with van der Waals surface area (Å²) in [5.41, 5.74) is -0.680. The molecule has 5 nitrogen and oxygen atoms in total. The summed E-state index contributed by atoms with van der Waals surface area (Å²) >= 11 is 0. The molecule has 3 aliphatic rings. The molecule has 0 radical (unpaired) electrons. The second-order valence-electron chi connectivity index (χ2n) is 6.75. The summed E-state index contributed by atoms with van der Waals surface area (Å²) in [4.78, 5) is 29.6. The molecule has 2 amide bonds. The van der Waals surface area contributed by atoms with Crippen LogP contribution >= 0.6 is 0 Å². The molecular weight excluding hydrogens is 266 g/mol. The molecule has 0 spiro atoms. The van der Waals surface area contributed by atoms with E-state index in [4.69, 9.17) is 0 Å². The maximum Gasteiger partial charge on any atom is 0.248 e. The van der Waals surface area contributed by atoms with Crippen molar-refractivity contribution in [1.29, 1.82) is 0 Å². The fourth-order valence-corrected chi connectivity index (χ4v) is 3.85. The molecule has 0 aromatic carbocycles. The third kappa shape index (κ3) is 2.68. The van der Waals surface area contributed by atoms with E-state index >= 15 is 0 Å². The van der Waals surface area contributed by atoms with E-state index in [0.717, 1.165) is 25.6 Å². The number of nitrogens with one attached hydrogen (secondary N) is 1. The Balaban J connectivity index is 1.77. The van der Waals surface area contributed by atoms with Gasteiger partial charge in [0.25, 0.3) is 0 Å². The van der Waals surface area contributed by atoms with Gasteiger partial charge in [-0.15, -0.1) is 0 Å². The highest BCUT2D eigenvalue weighted by Gasteiger charge is 2.45. The number of likely N-dealkylation sites (tertiary alicyclic amines) is 1. The van der Waals surface area contributed by atoms with Gasteiger partial charge in [0.05, 0.1) is 0 Å². The van der Waals surface area contributed by atoms with Gasteiger partial charge >= 0.3 is 0 Å². The summed E-state index contributed by atoms with van der Waals surface area (Å²) in [5.74, 6) is 0.160. The third-order valence-electron chi connectivity index (χ3n) is 5.53. The van der Waals surface area contributed by atoms with Crippen LogP contribution in [0.5, 0.6) is 0 Å². The largest absolute Gasteiger partial charge is 0.342 e. The third-order valence-corrected chi connectivity index (χ3v) is 5.53. The first-order valence-corrected chi connectivity index (χ1v) is 8.45. The van der Waals surface area contributed by atoms with Crippen molar-refractivity contribution in [2.24, 2.45) is 0 Å². The quantitative estimate of drug-likeness (QED) is 0.845. The summed E-state index contributed by atoms with van der Waals surface area (Å²) < 4.78 is 0. The van der Waals surface area contributed by atoms with Crippen LogP contribution in [-0.4, -0.2) is 58.9 Å². The molecule has 1 atom stereocenters. The molecule has 2 aliphatic heterocycles. The molecule has 0 aromatic rings. The Bertz CT molecular complexity index is 429. The first-order chi connectivity index (χ1) is 10.1. The first kappa shape index (κ1) is 14.8. The molecule has 1 unspecified atom stereocenters. The molecule has 3 fully saturated rings. The van der Waals surface area contributed by atoms with Crippen LogP contribution in [0.1, 0.15) is 52.4 Å². The Morgan fingerprint density at radius 3 is 2.43 bits per heavy atom. The molecule has 0 bridgehead atoms. The fraction of sp³-hybridized carbons (Fsp3) is 0.875. The van der Waals surface area contributed by atoms with Crippen LogP contribution in [0.3, 0.4) is 0 Å². The Labute approximate surface area is 127 Å². The zero-order valence-electron chi connectivity index (χ0n) is 13.2. The molecule has 1 saturated carbocycles. The standard InChI is InChI=1S/C16H27N3O2/c1-3-16(4-2)15(21)19(10-8-14(20)17-16)13-7-9-18(11-13)12-5-6-12/h12-13H,3-11H2,1-2H3,(H,17,20).